The minimum absolute atomic E-state index is 0.250. The monoisotopic (exact) mass is 285 g/mol. The van der Waals surface area contributed by atoms with E-state index in [1.807, 2.05) is 0 Å². The van der Waals surface area contributed by atoms with Gasteiger partial charge in [-0.3, -0.25) is 4.79 Å². The lowest BCUT2D eigenvalue weighted by Crippen LogP contribution is -2.42. The number of nitrogens with two attached hydrogens (primary N) is 1. The fourth-order valence-electron chi connectivity index (χ4n) is 1.88. The van der Waals surface area contributed by atoms with Crippen LogP contribution in [0.4, 0.5) is 5.82 Å². The van der Waals surface area contributed by atoms with Crippen molar-refractivity contribution in [1.29, 1.82) is 0 Å². The molecular weight excluding hydrogens is 270 g/mol. The molecule has 19 heavy (non-hydrogen) atoms. The van der Waals surface area contributed by atoms with Gasteiger partial charge in [-0.1, -0.05) is 11.6 Å². The highest BCUT2D eigenvalue weighted by molar-refractivity contribution is 6.33. The van der Waals surface area contributed by atoms with Crippen LogP contribution < -0.4 is 11.1 Å². The number of carbonyl (C=O) groups is 1. The van der Waals surface area contributed by atoms with Crippen LogP contribution in [0.1, 0.15) is 23.2 Å². The maximum atomic E-state index is 11.0. The van der Waals surface area contributed by atoms with Crippen molar-refractivity contribution in [3.05, 3.63) is 22.8 Å². The highest BCUT2D eigenvalue weighted by Crippen LogP contribution is 2.24. The van der Waals surface area contributed by atoms with E-state index >= 15 is 0 Å². The van der Waals surface area contributed by atoms with Gasteiger partial charge in [0.1, 0.15) is 5.82 Å². The van der Waals surface area contributed by atoms with E-state index in [0.717, 1.165) is 0 Å². The molecule has 1 saturated heterocycles. The standard InChI is InChI=1S/C12H16ClN3O3/c13-9-5-8(10(14)17)6-15-11(9)16-7-12(18)1-3-19-4-2-12/h5-6,18H,1-4,7H2,(H2,14,17)(H,15,16). The molecule has 0 aliphatic carbocycles. The number of rotatable bonds is 4. The molecule has 0 bridgehead atoms. The van der Waals surface area contributed by atoms with Crippen LogP contribution in [0.2, 0.25) is 5.02 Å². The summed E-state index contributed by atoms with van der Waals surface area (Å²) in [5.41, 5.74) is 4.57. The molecular formula is C12H16ClN3O3. The van der Waals surface area contributed by atoms with Gasteiger partial charge >= 0.3 is 0 Å². The van der Waals surface area contributed by atoms with Crippen LogP contribution in [0.3, 0.4) is 0 Å². The molecule has 1 aliphatic heterocycles. The van der Waals surface area contributed by atoms with Crippen LogP contribution in [0.5, 0.6) is 0 Å². The second-order valence-electron chi connectivity index (χ2n) is 4.61. The third-order valence-electron chi connectivity index (χ3n) is 3.13. The molecule has 6 nitrogen and oxygen atoms in total. The molecule has 0 spiro atoms. The molecule has 4 N–H and O–H groups in total. The Morgan fingerprint density at radius 3 is 2.84 bits per heavy atom. The predicted molar refractivity (Wildman–Crippen MR) is 71.3 cm³/mol. The molecule has 1 aromatic heterocycles. The van der Waals surface area contributed by atoms with Gasteiger partial charge < -0.3 is 20.9 Å². The number of aromatic nitrogens is 1. The van der Waals surface area contributed by atoms with Crippen LogP contribution in [0.15, 0.2) is 12.3 Å². The zero-order valence-electron chi connectivity index (χ0n) is 10.4. The van der Waals surface area contributed by atoms with E-state index in [1.165, 1.54) is 12.3 Å². The van der Waals surface area contributed by atoms with Gasteiger partial charge in [-0.15, -0.1) is 0 Å². The normalized spacial score (nSPS) is 18.0. The molecule has 7 heteroatoms. The van der Waals surface area contributed by atoms with Gasteiger partial charge in [0, 0.05) is 38.8 Å². The van der Waals surface area contributed by atoms with Gasteiger partial charge in [0.15, 0.2) is 0 Å². The van der Waals surface area contributed by atoms with Crippen LogP contribution in [-0.4, -0.2) is 41.4 Å². The third kappa shape index (κ3) is 3.56. The van der Waals surface area contributed by atoms with Crippen LogP contribution >= 0.6 is 11.6 Å². The van der Waals surface area contributed by atoms with Crippen molar-refractivity contribution in [2.24, 2.45) is 5.73 Å². The average molecular weight is 286 g/mol. The Bertz CT molecular complexity index is 475. The average Bonchev–Trinajstić information content (AvgIpc) is 2.38. The number of pyridine rings is 1. The zero-order chi connectivity index (χ0) is 13.9. The molecule has 1 amide bonds. The molecule has 1 aliphatic rings. The highest BCUT2D eigenvalue weighted by Gasteiger charge is 2.29. The SMILES string of the molecule is NC(=O)c1cnc(NCC2(O)CCOCC2)c(Cl)c1. The smallest absolute Gasteiger partial charge is 0.250 e. The Labute approximate surface area is 115 Å². The van der Waals surface area contributed by atoms with Gasteiger partial charge in [0.05, 0.1) is 16.2 Å². The summed E-state index contributed by atoms with van der Waals surface area (Å²) in [6.07, 6.45) is 2.48. The molecule has 0 unspecified atom stereocenters. The lowest BCUT2D eigenvalue weighted by molar-refractivity contribution is -0.0543. The van der Waals surface area contributed by atoms with E-state index in [4.69, 9.17) is 22.1 Å². The predicted octanol–water partition coefficient (Wildman–Crippen LogP) is 0.787. The van der Waals surface area contributed by atoms with Crippen LogP contribution in [0.25, 0.3) is 0 Å². The second kappa shape index (κ2) is 5.73. The molecule has 0 atom stereocenters. The summed E-state index contributed by atoms with van der Waals surface area (Å²) in [5.74, 6) is -0.157. The number of anilines is 1. The van der Waals surface area contributed by atoms with Crippen molar-refractivity contribution in [1.82, 2.24) is 4.98 Å². The number of carbonyl (C=O) groups excluding carboxylic acids is 1. The van der Waals surface area contributed by atoms with Crippen LogP contribution in [-0.2, 0) is 4.74 Å². The van der Waals surface area contributed by atoms with E-state index in [0.29, 0.717) is 43.4 Å². The Morgan fingerprint density at radius 1 is 1.58 bits per heavy atom. The number of halogens is 1. The summed E-state index contributed by atoms with van der Waals surface area (Å²) in [4.78, 5) is 15.0. The molecule has 2 rings (SSSR count). The zero-order valence-corrected chi connectivity index (χ0v) is 11.1. The number of amides is 1. The first-order valence-electron chi connectivity index (χ1n) is 5.99. The number of hydrogen-bond acceptors (Lipinski definition) is 5. The summed E-state index contributed by atoms with van der Waals surface area (Å²) >= 11 is 6.00. The van der Waals surface area contributed by atoms with E-state index < -0.39 is 11.5 Å². The van der Waals surface area contributed by atoms with Crippen LogP contribution in [0, 0.1) is 0 Å². The van der Waals surface area contributed by atoms with Crippen molar-refractivity contribution in [2.45, 2.75) is 18.4 Å². The maximum Gasteiger partial charge on any atom is 0.250 e. The largest absolute Gasteiger partial charge is 0.388 e. The van der Waals surface area contributed by atoms with Gasteiger partial charge in [-0.2, -0.15) is 0 Å². The molecule has 0 aromatic carbocycles. The first kappa shape index (κ1) is 14.0. The number of ether oxygens (including phenoxy) is 1. The number of aliphatic hydroxyl groups is 1. The minimum atomic E-state index is -0.814. The number of nitrogens with one attached hydrogen (secondary N) is 1. The van der Waals surface area contributed by atoms with E-state index in [9.17, 15) is 9.90 Å². The van der Waals surface area contributed by atoms with E-state index in [-0.39, 0.29) is 5.56 Å². The lowest BCUT2D eigenvalue weighted by atomic mass is 9.94. The fraction of sp³-hybridized carbons (Fsp3) is 0.500. The van der Waals surface area contributed by atoms with Crippen molar-refractivity contribution in [3.63, 3.8) is 0 Å². The van der Waals surface area contributed by atoms with Crippen molar-refractivity contribution < 1.29 is 14.6 Å². The summed E-state index contributed by atoms with van der Waals surface area (Å²) < 4.78 is 5.20. The van der Waals surface area contributed by atoms with Gasteiger partial charge in [0.25, 0.3) is 0 Å². The van der Waals surface area contributed by atoms with E-state index in [1.54, 1.807) is 0 Å². The van der Waals surface area contributed by atoms with Gasteiger partial charge in [-0.25, -0.2) is 4.98 Å². The Balaban J connectivity index is 2.01. The molecule has 1 aromatic rings. The first-order chi connectivity index (χ1) is 9.00. The summed E-state index contributed by atoms with van der Waals surface area (Å²) in [6, 6.07) is 1.45. The summed E-state index contributed by atoms with van der Waals surface area (Å²) in [5, 5.41) is 13.6. The quantitative estimate of drug-likeness (QED) is 0.760. The number of hydrogen-bond donors (Lipinski definition) is 3. The van der Waals surface area contributed by atoms with Gasteiger partial charge in [0.2, 0.25) is 5.91 Å². The van der Waals surface area contributed by atoms with Gasteiger partial charge in [-0.05, 0) is 6.07 Å². The molecule has 0 saturated carbocycles. The van der Waals surface area contributed by atoms with E-state index in [2.05, 4.69) is 10.3 Å². The molecule has 1 fully saturated rings. The molecule has 104 valence electrons. The third-order valence-corrected chi connectivity index (χ3v) is 3.42. The Kier molecular flexibility index (Phi) is 4.24. The Hall–Kier alpha value is -1.37. The molecule has 0 radical (unpaired) electrons. The maximum absolute atomic E-state index is 11.0. The highest BCUT2D eigenvalue weighted by atomic mass is 35.5. The second-order valence-corrected chi connectivity index (χ2v) is 5.02. The lowest BCUT2D eigenvalue weighted by Gasteiger charge is -2.32. The van der Waals surface area contributed by atoms with Crippen molar-refractivity contribution >= 4 is 23.3 Å². The minimum Gasteiger partial charge on any atom is -0.388 e. The summed E-state index contributed by atoms with van der Waals surface area (Å²) in [6.45, 7) is 1.42. The Morgan fingerprint density at radius 2 is 2.26 bits per heavy atom. The van der Waals surface area contributed by atoms with Crippen molar-refractivity contribution in [3.8, 4) is 0 Å². The van der Waals surface area contributed by atoms with Crippen molar-refractivity contribution in [2.75, 3.05) is 25.1 Å². The first-order valence-corrected chi connectivity index (χ1v) is 6.37. The summed E-state index contributed by atoms with van der Waals surface area (Å²) in [7, 11) is 0. The topological polar surface area (TPSA) is 97.5 Å². The molecule has 2 heterocycles. The number of primary amides is 1. The number of nitrogens with zero attached hydrogens (tertiary/aromatic N) is 1. The fourth-order valence-corrected chi connectivity index (χ4v) is 2.11.